The van der Waals surface area contributed by atoms with Crippen LogP contribution in [0.3, 0.4) is 0 Å². The van der Waals surface area contributed by atoms with Crippen LogP contribution in [-0.4, -0.2) is 38.6 Å². The van der Waals surface area contributed by atoms with Gasteiger partial charge in [-0.1, -0.05) is 30.3 Å². The number of ether oxygens (including phenoxy) is 1. The second-order valence-corrected chi connectivity index (χ2v) is 8.58. The molecule has 0 unspecified atom stereocenters. The lowest BCUT2D eigenvalue weighted by Crippen LogP contribution is -2.08. The molecule has 2 N–H and O–H groups in total. The standard InChI is InChI=1S/C26H25N7O/c1-34-26-21(22(18-9-10-18)30-15-31-26)25-32-23-19(11-13-28-23)24(33-25)29-14-16-5-7-17(8-6-16)20-4-2-3-12-27-20/h2-8,12,15,18H,9-11,13-14H2,1H3,(H2,28,29,32,33). The normalized spacial score (nSPS) is 14.4. The van der Waals surface area contributed by atoms with Gasteiger partial charge >= 0.3 is 0 Å². The van der Waals surface area contributed by atoms with Crippen LogP contribution in [0.2, 0.25) is 0 Å². The predicted octanol–water partition coefficient (Wildman–Crippen LogP) is 4.46. The van der Waals surface area contributed by atoms with Crippen molar-refractivity contribution in [1.82, 2.24) is 24.9 Å². The molecule has 0 bridgehead atoms. The Morgan fingerprint density at radius 1 is 1.03 bits per heavy atom. The lowest BCUT2D eigenvalue weighted by molar-refractivity contribution is 0.397. The van der Waals surface area contributed by atoms with Gasteiger partial charge in [0.25, 0.3) is 0 Å². The molecule has 170 valence electrons. The number of pyridine rings is 1. The van der Waals surface area contributed by atoms with Crippen LogP contribution in [0, 0.1) is 0 Å². The number of nitrogens with one attached hydrogen (secondary N) is 2. The van der Waals surface area contributed by atoms with Gasteiger partial charge in [-0.15, -0.1) is 0 Å². The molecular weight excluding hydrogens is 426 g/mol. The number of aromatic nitrogens is 5. The molecule has 3 aromatic heterocycles. The Hall–Kier alpha value is -4.07. The van der Waals surface area contributed by atoms with Crippen molar-refractivity contribution in [2.45, 2.75) is 31.7 Å². The van der Waals surface area contributed by atoms with Crippen LogP contribution in [0.5, 0.6) is 5.88 Å². The van der Waals surface area contributed by atoms with E-state index in [1.165, 1.54) is 5.56 Å². The Bertz CT molecular complexity index is 1320. The zero-order chi connectivity index (χ0) is 22.9. The molecule has 0 amide bonds. The summed E-state index contributed by atoms with van der Waals surface area (Å²) in [5, 5.41) is 6.94. The van der Waals surface area contributed by atoms with Crippen molar-refractivity contribution < 1.29 is 4.74 Å². The average Bonchev–Trinajstić information content (AvgIpc) is 3.64. The number of methoxy groups -OCH3 is 1. The average molecular weight is 452 g/mol. The van der Waals surface area contributed by atoms with Gasteiger partial charge < -0.3 is 15.4 Å². The first-order valence-corrected chi connectivity index (χ1v) is 11.6. The largest absolute Gasteiger partial charge is 0.480 e. The number of benzene rings is 1. The molecule has 8 heteroatoms. The maximum Gasteiger partial charge on any atom is 0.227 e. The minimum atomic E-state index is 0.422. The molecule has 0 spiro atoms. The maximum atomic E-state index is 5.58. The highest BCUT2D eigenvalue weighted by molar-refractivity contribution is 5.72. The van der Waals surface area contributed by atoms with Crippen LogP contribution in [-0.2, 0) is 13.0 Å². The third kappa shape index (κ3) is 3.91. The molecule has 1 saturated carbocycles. The van der Waals surface area contributed by atoms with E-state index in [0.717, 1.165) is 65.5 Å². The SMILES string of the molecule is COc1ncnc(C2CC2)c1-c1nc2c(c(NCc3ccc(-c4ccccn4)cc3)n1)CCN2. The van der Waals surface area contributed by atoms with E-state index in [1.54, 1.807) is 13.4 Å². The van der Waals surface area contributed by atoms with Gasteiger partial charge in [0.2, 0.25) is 5.88 Å². The lowest BCUT2D eigenvalue weighted by atomic mass is 10.1. The van der Waals surface area contributed by atoms with E-state index >= 15 is 0 Å². The molecule has 2 aliphatic rings. The van der Waals surface area contributed by atoms with Crippen molar-refractivity contribution in [2.75, 3.05) is 24.3 Å². The number of fused-ring (bicyclic) bond motifs is 1. The van der Waals surface area contributed by atoms with Gasteiger partial charge in [0.1, 0.15) is 23.5 Å². The van der Waals surface area contributed by atoms with E-state index in [9.17, 15) is 0 Å². The summed E-state index contributed by atoms with van der Waals surface area (Å²) in [6, 6.07) is 14.4. The Morgan fingerprint density at radius 3 is 2.68 bits per heavy atom. The summed E-state index contributed by atoms with van der Waals surface area (Å²) in [4.78, 5) is 23.1. The van der Waals surface area contributed by atoms with E-state index in [-0.39, 0.29) is 0 Å². The van der Waals surface area contributed by atoms with Crippen LogP contribution < -0.4 is 15.4 Å². The number of anilines is 2. The minimum Gasteiger partial charge on any atom is -0.480 e. The summed E-state index contributed by atoms with van der Waals surface area (Å²) in [6.45, 7) is 1.50. The molecule has 0 radical (unpaired) electrons. The number of rotatable bonds is 7. The summed E-state index contributed by atoms with van der Waals surface area (Å²) >= 11 is 0. The third-order valence-electron chi connectivity index (χ3n) is 6.27. The lowest BCUT2D eigenvalue weighted by Gasteiger charge is -2.15. The van der Waals surface area contributed by atoms with Crippen molar-refractivity contribution in [3.05, 3.63) is 71.8 Å². The van der Waals surface area contributed by atoms with Gasteiger partial charge in [0.15, 0.2) is 5.82 Å². The Morgan fingerprint density at radius 2 is 1.91 bits per heavy atom. The van der Waals surface area contributed by atoms with E-state index in [4.69, 9.17) is 14.7 Å². The summed E-state index contributed by atoms with van der Waals surface area (Å²) in [7, 11) is 1.63. The van der Waals surface area contributed by atoms with Crippen molar-refractivity contribution in [3.8, 4) is 28.5 Å². The van der Waals surface area contributed by atoms with Gasteiger partial charge in [0, 0.05) is 36.3 Å². The van der Waals surface area contributed by atoms with Gasteiger partial charge in [-0.05, 0) is 37.0 Å². The van der Waals surface area contributed by atoms with E-state index < -0.39 is 0 Å². The van der Waals surface area contributed by atoms with Crippen molar-refractivity contribution in [2.24, 2.45) is 0 Å². The Kier molecular flexibility index (Phi) is 5.25. The Balaban J connectivity index is 1.30. The highest BCUT2D eigenvalue weighted by Gasteiger charge is 2.32. The molecule has 8 nitrogen and oxygen atoms in total. The van der Waals surface area contributed by atoms with Gasteiger partial charge in [-0.3, -0.25) is 4.98 Å². The molecule has 1 fully saturated rings. The highest BCUT2D eigenvalue weighted by atomic mass is 16.5. The summed E-state index contributed by atoms with van der Waals surface area (Å²) in [5.41, 5.74) is 6.11. The maximum absolute atomic E-state index is 5.58. The van der Waals surface area contributed by atoms with Crippen LogP contribution >= 0.6 is 0 Å². The van der Waals surface area contributed by atoms with E-state index in [2.05, 4.69) is 49.9 Å². The molecule has 1 aliphatic heterocycles. The summed E-state index contributed by atoms with van der Waals surface area (Å²) in [6.07, 6.45) is 6.50. The van der Waals surface area contributed by atoms with Crippen LogP contribution in [0.4, 0.5) is 11.6 Å². The highest BCUT2D eigenvalue weighted by Crippen LogP contribution is 2.45. The fourth-order valence-corrected chi connectivity index (χ4v) is 4.36. The molecule has 1 aliphatic carbocycles. The van der Waals surface area contributed by atoms with E-state index in [1.807, 2.05) is 24.4 Å². The first-order valence-electron chi connectivity index (χ1n) is 11.6. The second kappa shape index (κ2) is 8.70. The fourth-order valence-electron chi connectivity index (χ4n) is 4.36. The van der Waals surface area contributed by atoms with Gasteiger partial charge in [-0.25, -0.2) is 19.9 Å². The van der Waals surface area contributed by atoms with Crippen molar-refractivity contribution in [1.29, 1.82) is 0 Å². The third-order valence-corrected chi connectivity index (χ3v) is 6.27. The number of hydrogen-bond donors (Lipinski definition) is 2. The monoisotopic (exact) mass is 451 g/mol. The molecule has 6 rings (SSSR count). The minimum absolute atomic E-state index is 0.422. The van der Waals surface area contributed by atoms with Gasteiger partial charge in [0.05, 0.1) is 18.5 Å². The van der Waals surface area contributed by atoms with Crippen molar-refractivity contribution in [3.63, 3.8) is 0 Å². The molecule has 0 saturated heterocycles. The first kappa shape index (κ1) is 20.5. The van der Waals surface area contributed by atoms with E-state index in [0.29, 0.717) is 24.2 Å². The molecule has 4 aromatic rings. The van der Waals surface area contributed by atoms with Crippen LogP contribution in [0.15, 0.2) is 55.0 Å². The number of nitrogens with zero attached hydrogens (tertiary/aromatic N) is 5. The molecular formula is C26H25N7O. The quantitative estimate of drug-likeness (QED) is 0.425. The topological polar surface area (TPSA) is 97.7 Å². The van der Waals surface area contributed by atoms with Crippen LogP contribution in [0.25, 0.3) is 22.6 Å². The smallest absolute Gasteiger partial charge is 0.227 e. The van der Waals surface area contributed by atoms with Crippen LogP contribution in [0.1, 0.15) is 35.6 Å². The first-order chi connectivity index (χ1) is 16.8. The second-order valence-electron chi connectivity index (χ2n) is 8.58. The zero-order valence-corrected chi connectivity index (χ0v) is 19.0. The fraction of sp³-hybridized carbons (Fsp3) is 0.269. The number of hydrogen-bond acceptors (Lipinski definition) is 8. The molecule has 1 aromatic carbocycles. The van der Waals surface area contributed by atoms with Crippen molar-refractivity contribution >= 4 is 11.6 Å². The molecule has 4 heterocycles. The zero-order valence-electron chi connectivity index (χ0n) is 19.0. The predicted molar refractivity (Wildman–Crippen MR) is 131 cm³/mol. The summed E-state index contributed by atoms with van der Waals surface area (Å²) < 4.78 is 5.58. The molecule has 34 heavy (non-hydrogen) atoms. The van der Waals surface area contributed by atoms with Gasteiger partial charge in [-0.2, -0.15) is 0 Å². The Labute approximate surface area is 197 Å². The summed E-state index contributed by atoms with van der Waals surface area (Å²) in [5.74, 6) is 3.24. The molecule has 0 atom stereocenters.